The Hall–Kier alpha value is -2.45. The van der Waals surface area contributed by atoms with Crippen LogP contribution in [0.15, 0.2) is 46.2 Å². The summed E-state index contributed by atoms with van der Waals surface area (Å²) in [6, 6.07) is 8.66. The number of thioether (sulfide) groups is 1. The fourth-order valence-corrected chi connectivity index (χ4v) is 3.34. The molecule has 1 amide bonds. The Labute approximate surface area is 159 Å². The quantitative estimate of drug-likeness (QED) is 0.613. The Kier molecular flexibility index (Phi) is 5.85. The number of benzene rings is 1. The molecule has 136 valence electrons. The van der Waals surface area contributed by atoms with Crippen molar-refractivity contribution >= 4 is 35.0 Å². The first-order valence-electron chi connectivity index (χ1n) is 7.85. The molecule has 0 spiro atoms. The van der Waals surface area contributed by atoms with Gasteiger partial charge < -0.3 is 14.5 Å². The fraction of sp³-hybridized carbons (Fsp3) is 0.235. The van der Waals surface area contributed by atoms with E-state index in [0.717, 1.165) is 0 Å². The van der Waals surface area contributed by atoms with Crippen molar-refractivity contribution in [3.05, 3.63) is 41.6 Å². The number of nitrogens with one attached hydrogen (secondary N) is 1. The number of carbonyl (C=O) groups is 1. The number of hydrogen-bond donors (Lipinski definition) is 1. The van der Waals surface area contributed by atoms with Gasteiger partial charge in [0.15, 0.2) is 16.7 Å². The minimum atomic E-state index is -0.194. The molecular formula is C17H17ClN4O3S. The van der Waals surface area contributed by atoms with Crippen LogP contribution in [0.4, 0.5) is 5.69 Å². The second-order valence-corrected chi connectivity index (χ2v) is 6.59. The van der Waals surface area contributed by atoms with Crippen LogP contribution >= 0.6 is 23.4 Å². The van der Waals surface area contributed by atoms with E-state index in [1.54, 1.807) is 30.5 Å². The molecule has 0 saturated carbocycles. The molecule has 0 aliphatic rings. The molecule has 7 nitrogen and oxygen atoms in total. The zero-order chi connectivity index (χ0) is 18.5. The van der Waals surface area contributed by atoms with Crippen molar-refractivity contribution in [1.29, 1.82) is 0 Å². The Morgan fingerprint density at radius 1 is 1.38 bits per heavy atom. The van der Waals surface area contributed by atoms with E-state index in [0.29, 0.717) is 39.7 Å². The molecule has 0 unspecified atom stereocenters. The van der Waals surface area contributed by atoms with E-state index < -0.39 is 0 Å². The highest BCUT2D eigenvalue weighted by Crippen LogP contribution is 2.28. The van der Waals surface area contributed by atoms with E-state index in [4.69, 9.17) is 20.8 Å². The van der Waals surface area contributed by atoms with Gasteiger partial charge in [-0.3, -0.25) is 9.36 Å². The SMILES string of the molecule is CCn1c(SCC(=O)Nc2cc(Cl)ccc2OC)nnc1-c1ccco1. The third kappa shape index (κ3) is 4.03. The van der Waals surface area contributed by atoms with Crippen LogP contribution in [0, 0.1) is 0 Å². The number of carbonyl (C=O) groups excluding carboxylic acids is 1. The largest absolute Gasteiger partial charge is 0.495 e. The number of aromatic nitrogens is 3. The van der Waals surface area contributed by atoms with E-state index in [9.17, 15) is 4.79 Å². The Morgan fingerprint density at radius 2 is 2.23 bits per heavy atom. The number of anilines is 1. The van der Waals surface area contributed by atoms with Gasteiger partial charge in [0, 0.05) is 11.6 Å². The average molecular weight is 393 g/mol. The molecule has 2 heterocycles. The normalized spacial score (nSPS) is 10.7. The molecule has 0 saturated heterocycles. The molecule has 0 aliphatic heterocycles. The minimum Gasteiger partial charge on any atom is -0.495 e. The number of halogens is 1. The number of nitrogens with zero attached hydrogens (tertiary/aromatic N) is 3. The first kappa shape index (κ1) is 18.3. The Balaban J connectivity index is 1.68. The van der Waals surface area contributed by atoms with Crippen molar-refractivity contribution in [1.82, 2.24) is 14.8 Å². The van der Waals surface area contributed by atoms with E-state index in [1.165, 1.54) is 18.9 Å². The molecule has 0 aliphatic carbocycles. The number of methoxy groups -OCH3 is 1. The fourth-order valence-electron chi connectivity index (χ4n) is 2.36. The van der Waals surface area contributed by atoms with E-state index in [-0.39, 0.29) is 11.7 Å². The van der Waals surface area contributed by atoms with Crippen molar-refractivity contribution in [3.63, 3.8) is 0 Å². The van der Waals surface area contributed by atoms with E-state index in [1.807, 2.05) is 17.6 Å². The maximum Gasteiger partial charge on any atom is 0.234 e. The Morgan fingerprint density at radius 3 is 2.92 bits per heavy atom. The summed E-state index contributed by atoms with van der Waals surface area (Å²) in [6.07, 6.45) is 1.59. The maximum atomic E-state index is 12.3. The smallest absolute Gasteiger partial charge is 0.234 e. The average Bonchev–Trinajstić information content (AvgIpc) is 3.29. The van der Waals surface area contributed by atoms with Gasteiger partial charge in [0.2, 0.25) is 5.91 Å². The van der Waals surface area contributed by atoms with Crippen LogP contribution in [0.5, 0.6) is 5.75 Å². The zero-order valence-corrected chi connectivity index (χ0v) is 15.8. The maximum absolute atomic E-state index is 12.3. The molecule has 3 aromatic rings. The van der Waals surface area contributed by atoms with Gasteiger partial charge in [0.05, 0.1) is 24.8 Å². The zero-order valence-electron chi connectivity index (χ0n) is 14.2. The van der Waals surface area contributed by atoms with Gasteiger partial charge in [-0.25, -0.2) is 0 Å². The van der Waals surface area contributed by atoms with Crippen LogP contribution in [0.2, 0.25) is 5.02 Å². The lowest BCUT2D eigenvalue weighted by Gasteiger charge is -2.10. The molecule has 26 heavy (non-hydrogen) atoms. The lowest BCUT2D eigenvalue weighted by atomic mass is 10.3. The molecule has 2 aromatic heterocycles. The Bertz CT molecular complexity index is 896. The molecular weight excluding hydrogens is 376 g/mol. The van der Waals surface area contributed by atoms with Crippen molar-refractivity contribution in [2.75, 3.05) is 18.2 Å². The minimum absolute atomic E-state index is 0.173. The van der Waals surface area contributed by atoms with Gasteiger partial charge in [-0.05, 0) is 37.3 Å². The highest BCUT2D eigenvalue weighted by atomic mass is 35.5. The number of hydrogen-bond acceptors (Lipinski definition) is 6. The summed E-state index contributed by atoms with van der Waals surface area (Å²) in [4.78, 5) is 12.3. The molecule has 9 heteroatoms. The third-order valence-corrected chi connectivity index (χ3v) is 4.74. The summed E-state index contributed by atoms with van der Waals surface area (Å²) in [6.45, 7) is 2.64. The summed E-state index contributed by atoms with van der Waals surface area (Å²) in [5, 5.41) is 12.3. The highest BCUT2D eigenvalue weighted by molar-refractivity contribution is 7.99. The molecule has 0 radical (unpaired) electrons. The van der Waals surface area contributed by atoms with Crippen LogP contribution in [-0.2, 0) is 11.3 Å². The topological polar surface area (TPSA) is 82.2 Å². The second kappa shape index (κ2) is 8.29. The molecule has 1 N–H and O–H groups in total. The lowest BCUT2D eigenvalue weighted by molar-refractivity contribution is -0.113. The van der Waals surface area contributed by atoms with Crippen molar-refractivity contribution in [3.8, 4) is 17.3 Å². The van der Waals surface area contributed by atoms with Gasteiger partial charge in [0.25, 0.3) is 0 Å². The van der Waals surface area contributed by atoms with E-state index >= 15 is 0 Å². The number of ether oxygens (including phenoxy) is 1. The number of rotatable bonds is 7. The van der Waals surface area contributed by atoms with Crippen molar-refractivity contribution < 1.29 is 13.9 Å². The van der Waals surface area contributed by atoms with Gasteiger partial charge in [-0.15, -0.1) is 10.2 Å². The molecule has 1 aromatic carbocycles. The lowest BCUT2D eigenvalue weighted by Crippen LogP contribution is -2.15. The standard InChI is InChI=1S/C17H17ClN4O3S/c1-3-22-16(14-5-4-8-25-14)20-21-17(22)26-10-15(23)19-12-9-11(18)6-7-13(12)24-2/h4-9H,3,10H2,1-2H3,(H,19,23). The summed E-state index contributed by atoms with van der Waals surface area (Å²) < 4.78 is 12.5. The predicted octanol–water partition coefficient (Wildman–Crippen LogP) is 3.95. The summed E-state index contributed by atoms with van der Waals surface area (Å²) in [5.41, 5.74) is 0.527. The summed E-state index contributed by atoms with van der Waals surface area (Å²) >= 11 is 7.28. The van der Waals surface area contributed by atoms with Crippen LogP contribution in [-0.4, -0.2) is 33.5 Å². The van der Waals surface area contributed by atoms with Crippen molar-refractivity contribution in [2.45, 2.75) is 18.6 Å². The van der Waals surface area contributed by atoms with E-state index in [2.05, 4.69) is 15.5 Å². The van der Waals surface area contributed by atoms with Crippen LogP contribution in [0.25, 0.3) is 11.6 Å². The van der Waals surface area contributed by atoms with Crippen LogP contribution < -0.4 is 10.1 Å². The summed E-state index contributed by atoms with van der Waals surface area (Å²) in [7, 11) is 1.54. The summed E-state index contributed by atoms with van der Waals surface area (Å²) in [5.74, 6) is 1.80. The monoisotopic (exact) mass is 392 g/mol. The van der Waals surface area contributed by atoms with Crippen molar-refractivity contribution in [2.24, 2.45) is 0 Å². The molecule has 0 atom stereocenters. The molecule has 3 rings (SSSR count). The number of amides is 1. The number of furan rings is 1. The van der Waals surface area contributed by atoms with Gasteiger partial charge in [0.1, 0.15) is 5.75 Å². The first-order chi connectivity index (χ1) is 12.6. The third-order valence-electron chi connectivity index (χ3n) is 3.54. The van der Waals surface area contributed by atoms with Gasteiger partial charge >= 0.3 is 0 Å². The van der Waals surface area contributed by atoms with Gasteiger partial charge in [-0.2, -0.15) is 0 Å². The van der Waals surface area contributed by atoms with Gasteiger partial charge in [-0.1, -0.05) is 23.4 Å². The molecule has 0 fully saturated rings. The predicted molar refractivity (Wildman–Crippen MR) is 101 cm³/mol. The van der Waals surface area contributed by atoms with Crippen LogP contribution in [0.1, 0.15) is 6.92 Å². The molecule has 0 bridgehead atoms. The first-order valence-corrected chi connectivity index (χ1v) is 9.22. The van der Waals surface area contributed by atoms with Crippen LogP contribution in [0.3, 0.4) is 0 Å². The second-order valence-electron chi connectivity index (χ2n) is 5.21. The highest BCUT2D eigenvalue weighted by Gasteiger charge is 2.16.